The molecule has 1 aliphatic heterocycles. The summed E-state index contributed by atoms with van der Waals surface area (Å²) in [5.41, 5.74) is 6.43. The highest BCUT2D eigenvalue weighted by Gasteiger charge is 2.51. The van der Waals surface area contributed by atoms with Crippen LogP contribution in [0.3, 0.4) is 0 Å². The Morgan fingerprint density at radius 3 is 2.00 bits per heavy atom. The molecule has 1 heterocycles. The van der Waals surface area contributed by atoms with Gasteiger partial charge in [0.1, 0.15) is 0 Å². The lowest BCUT2D eigenvalue weighted by atomic mass is 9.50. The molecule has 0 radical (unpaired) electrons. The molecule has 0 spiro atoms. The molecule has 0 aromatic carbocycles. The molecule has 1 atom stereocenters. The quantitative estimate of drug-likeness (QED) is 0.827. The van der Waals surface area contributed by atoms with Gasteiger partial charge in [-0.3, -0.25) is 4.79 Å². The number of hydrogen-bond acceptors (Lipinski definition) is 2. The predicted octanol–water partition coefficient (Wildman–Crippen LogP) is 2.01. The molecule has 106 valence electrons. The Labute approximate surface area is 115 Å². The smallest absolute Gasteiger partial charge is 0.239 e. The first-order chi connectivity index (χ1) is 9.22. The normalized spacial score (nSPS) is 45.7. The largest absolute Gasteiger partial charge is 0.341 e. The molecule has 4 saturated carbocycles. The van der Waals surface area contributed by atoms with Crippen molar-refractivity contribution in [1.82, 2.24) is 4.90 Å². The minimum Gasteiger partial charge on any atom is -0.341 e. The molecular formula is C16H26N2O. The van der Waals surface area contributed by atoms with Crippen molar-refractivity contribution >= 4 is 5.91 Å². The van der Waals surface area contributed by atoms with E-state index in [0.29, 0.717) is 5.92 Å². The molecule has 5 aliphatic rings. The number of carbonyl (C=O) groups is 1. The van der Waals surface area contributed by atoms with Crippen LogP contribution in [0.4, 0.5) is 0 Å². The summed E-state index contributed by atoms with van der Waals surface area (Å²) in [6.45, 7) is 1.89. The standard InChI is InChI=1S/C16H26N2O/c17-15(16(19)18-3-1-2-4-18)14-12-6-10-5-11(8-12)9-13(14)7-10/h10-15H,1-9,17H2. The van der Waals surface area contributed by atoms with Crippen molar-refractivity contribution in [1.29, 1.82) is 0 Å². The molecule has 1 unspecified atom stereocenters. The first-order valence-corrected chi connectivity index (χ1v) is 8.26. The summed E-state index contributed by atoms with van der Waals surface area (Å²) in [6, 6.07) is -0.201. The van der Waals surface area contributed by atoms with Gasteiger partial charge >= 0.3 is 0 Å². The fourth-order valence-electron chi connectivity index (χ4n) is 5.87. The first kappa shape index (κ1) is 12.2. The summed E-state index contributed by atoms with van der Waals surface area (Å²) >= 11 is 0. The van der Waals surface area contributed by atoms with Crippen molar-refractivity contribution in [2.45, 2.75) is 51.0 Å². The third-order valence-corrected chi connectivity index (χ3v) is 6.42. The van der Waals surface area contributed by atoms with E-state index in [2.05, 4.69) is 0 Å². The van der Waals surface area contributed by atoms with Crippen molar-refractivity contribution in [2.75, 3.05) is 13.1 Å². The molecule has 19 heavy (non-hydrogen) atoms. The van der Waals surface area contributed by atoms with Crippen molar-refractivity contribution < 1.29 is 4.79 Å². The van der Waals surface area contributed by atoms with Crippen LogP contribution in [0.15, 0.2) is 0 Å². The summed E-state index contributed by atoms with van der Waals surface area (Å²) in [5.74, 6) is 4.21. The van der Waals surface area contributed by atoms with Crippen molar-refractivity contribution in [3.05, 3.63) is 0 Å². The topological polar surface area (TPSA) is 46.3 Å². The number of likely N-dealkylation sites (tertiary alicyclic amines) is 1. The Balaban J connectivity index is 1.50. The van der Waals surface area contributed by atoms with Gasteiger partial charge in [0.2, 0.25) is 5.91 Å². The second-order valence-corrected chi connectivity index (χ2v) is 7.57. The van der Waals surface area contributed by atoms with E-state index in [0.717, 1.165) is 36.8 Å². The fraction of sp³-hybridized carbons (Fsp3) is 0.938. The van der Waals surface area contributed by atoms with E-state index in [1.165, 1.54) is 44.9 Å². The molecule has 4 aliphatic carbocycles. The van der Waals surface area contributed by atoms with E-state index in [1.807, 2.05) is 4.90 Å². The summed E-state index contributed by atoms with van der Waals surface area (Å²) in [4.78, 5) is 14.6. The minimum absolute atomic E-state index is 0.201. The Hall–Kier alpha value is -0.570. The van der Waals surface area contributed by atoms with Crippen LogP contribution in [-0.2, 0) is 4.79 Å². The Kier molecular flexibility index (Phi) is 2.87. The maximum absolute atomic E-state index is 12.6. The fourth-order valence-corrected chi connectivity index (χ4v) is 5.87. The molecule has 5 rings (SSSR count). The molecule has 1 saturated heterocycles. The van der Waals surface area contributed by atoms with Crippen molar-refractivity contribution in [3.63, 3.8) is 0 Å². The molecule has 2 N–H and O–H groups in total. The van der Waals surface area contributed by atoms with Gasteiger partial charge in [-0.05, 0) is 74.5 Å². The molecule has 0 aromatic rings. The average Bonchev–Trinajstić information content (AvgIpc) is 2.90. The second-order valence-electron chi connectivity index (χ2n) is 7.57. The van der Waals surface area contributed by atoms with Crippen LogP contribution in [-0.4, -0.2) is 29.9 Å². The zero-order valence-corrected chi connectivity index (χ0v) is 11.8. The molecule has 4 bridgehead atoms. The molecule has 3 nitrogen and oxygen atoms in total. The first-order valence-electron chi connectivity index (χ1n) is 8.26. The number of amides is 1. The summed E-state index contributed by atoms with van der Waals surface area (Å²) in [6.07, 6.45) is 9.24. The highest BCUT2D eigenvalue weighted by Crippen LogP contribution is 2.57. The summed E-state index contributed by atoms with van der Waals surface area (Å²) < 4.78 is 0. The van der Waals surface area contributed by atoms with E-state index in [-0.39, 0.29) is 11.9 Å². The Morgan fingerprint density at radius 2 is 1.47 bits per heavy atom. The summed E-state index contributed by atoms with van der Waals surface area (Å²) in [7, 11) is 0. The molecule has 1 amide bonds. The number of rotatable bonds is 2. The van der Waals surface area contributed by atoms with E-state index < -0.39 is 0 Å². The van der Waals surface area contributed by atoms with E-state index in [4.69, 9.17) is 5.73 Å². The molecular weight excluding hydrogens is 236 g/mol. The number of nitrogens with zero attached hydrogens (tertiary/aromatic N) is 1. The molecule has 3 heteroatoms. The lowest BCUT2D eigenvalue weighted by Crippen LogP contribution is -2.56. The van der Waals surface area contributed by atoms with Crippen LogP contribution in [0.5, 0.6) is 0 Å². The van der Waals surface area contributed by atoms with Crippen molar-refractivity contribution in [2.24, 2.45) is 35.3 Å². The van der Waals surface area contributed by atoms with Crippen LogP contribution < -0.4 is 5.73 Å². The third kappa shape index (κ3) is 1.93. The van der Waals surface area contributed by atoms with Crippen LogP contribution in [0, 0.1) is 29.6 Å². The summed E-state index contributed by atoms with van der Waals surface area (Å²) in [5, 5.41) is 0. The third-order valence-electron chi connectivity index (χ3n) is 6.42. The van der Waals surface area contributed by atoms with Gasteiger partial charge in [0, 0.05) is 13.1 Å². The van der Waals surface area contributed by atoms with Gasteiger partial charge in [-0.15, -0.1) is 0 Å². The maximum Gasteiger partial charge on any atom is 0.239 e. The lowest BCUT2D eigenvalue weighted by Gasteiger charge is -2.55. The van der Waals surface area contributed by atoms with Gasteiger partial charge in [0.15, 0.2) is 0 Å². The van der Waals surface area contributed by atoms with Gasteiger partial charge in [-0.2, -0.15) is 0 Å². The van der Waals surface area contributed by atoms with Gasteiger partial charge < -0.3 is 10.6 Å². The second kappa shape index (κ2) is 4.47. The minimum atomic E-state index is -0.201. The maximum atomic E-state index is 12.6. The zero-order valence-electron chi connectivity index (χ0n) is 11.8. The van der Waals surface area contributed by atoms with Crippen LogP contribution >= 0.6 is 0 Å². The molecule has 5 fully saturated rings. The van der Waals surface area contributed by atoms with Gasteiger partial charge in [-0.1, -0.05) is 0 Å². The Morgan fingerprint density at radius 1 is 0.947 bits per heavy atom. The average molecular weight is 262 g/mol. The van der Waals surface area contributed by atoms with E-state index >= 15 is 0 Å². The van der Waals surface area contributed by atoms with E-state index in [9.17, 15) is 4.79 Å². The Bertz CT molecular complexity index is 347. The van der Waals surface area contributed by atoms with Gasteiger partial charge in [-0.25, -0.2) is 0 Å². The van der Waals surface area contributed by atoms with Crippen LogP contribution in [0.1, 0.15) is 44.9 Å². The van der Waals surface area contributed by atoms with Crippen molar-refractivity contribution in [3.8, 4) is 0 Å². The van der Waals surface area contributed by atoms with Gasteiger partial charge in [0.25, 0.3) is 0 Å². The van der Waals surface area contributed by atoms with E-state index in [1.54, 1.807) is 0 Å². The monoisotopic (exact) mass is 262 g/mol. The lowest BCUT2D eigenvalue weighted by molar-refractivity contribution is -0.137. The predicted molar refractivity (Wildman–Crippen MR) is 74.3 cm³/mol. The zero-order chi connectivity index (χ0) is 13.0. The SMILES string of the molecule is NC(C(=O)N1CCCC1)C1C2CC3CC(C2)CC1C3. The highest BCUT2D eigenvalue weighted by atomic mass is 16.2. The highest BCUT2D eigenvalue weighted by molar-refractivity contribution is 5.82. The molecule has 0 aromatic heterocycles. The van der Waals surface area contributed by atoms with Crippen LogP contribution in [0.25, 0.3) is 0 Å². The van der Waals surface area contributed by atoms with Gasteiger partial charge in [0.05, 0.1) is 6.04 Å². The number of hydrogen-bond donors (Lipinski definition) is 1. The number of carbonyl (C=O) groups excluding carboxylic acids is 1. The van der Waals surface area contributed by atoms with Crippen LogP contribution in [0.2, 0.25) is 0 Å². The number of nitrogens with two attached hydrogens (primary N) is 1.